The van der Waals surface area contributed by atoms with Crippen molar-refractivity contribution in [2.45, 2.75) is 17.9 Å². The Morgan fingerprint density at radius 1 is 1.23 bits per heavy atom. The van der Waals surface area contributed by atoms with Crippen LogP contribution in [0.15, 0.2) is 75.8 Å². The van der Waals surface area contributed by atoms with E-state index >= 15 is 0 Å². The molecule has 5 heteroatoms. The van der Waals surface area contributed by atoms with Gasteiger partial charge in [0.2, 0.25) is 5.91 Å². The highest BCUT2D eigenvalue weighted by Gasteiger charge is 2.12. The van der Waals surface area contributed by atoms with Crippen LogP contribution in [-0.4, -0.2) is 23.6 Å². The van der Waals surface area contributed by atoms with Crippen LogP contribution in [0.4, 0.5) is 0 Å². The molecule has 2 heterocycles. The number of amides is 1. The topological polar surface area (TPSA) is 33.5 Å². The molecule has 0 aliphatic rings. The van der Waals surface area contributed by atoms with Gasteiger partial charge in [-0.05, 0) is 54.0 Å². The molecule has 3 nitrogen and oxygen atoms in total. The van der Waals surface area contributed by atoms with Crippen LogP contribution in [0.25, 0.3) is 6.08 Å². The molecule has 0 atom stereocenters. The maximum absolute atomic E-state index is 12.7. The van der Waals surface area contributed by atoms with E-state index in [0.717, 1.165) is 17.5 Å². The quantitative estimate of drug-likeness (QED) is 0.388. The minimum Gasteiger partial charge on any atom is -0.472 e. The molecule has 0 bridgehead atoms. The standard InChI is InChI=1S/C21H21NO2S2/c1-25-19-7-4-17(5-8-19)6-9-21(23)22(15-18-11-13-24-16-18)12-10-20-3-2-14-26-20/h2-9,11,13-14,16H,10,12,15H2,1H3. The average Bonchev–Trinajstić information content (AvgIpc) is 3.37. The molecular formula is C21H21NO2S2. The van der Waals surface area contributed by atoms with Crippen molar-refractivity contribution in [2.24, 2.45) is 0 Å². The van der Waals surface area contributed by atoms with Crippen molar-refractivity contribution in [3.8, 4) is 0 Å². The third-order valence-corrected chi connectivity index (χ3v) is 5.69. The van der Waals surface area contributed by atoms with Gasteiger partial charge in [-0.15, -0.1) is 23.1 Å². The zero-order valence-corrected chi connectivity index (χ0v) is 16.3. The van der Waals surface area contributed by atoms with Gasteiger partial charge in [0.15, 0.2) is 0 Å². The second kappa shape index (κ2) is 9.46. The van der Waals surface area contributed by atoms with E-state index in [1.165, 1.54) is 9.77 Å². The monoisotopic (exact) mass is 383 g/mol. The summed E-state index contributed by atoms with van der Waals surface area (Å²) in [6.07, 6.45) is 9.77. The fraction of sp³-hybridized carbons (Fsp3) is 0.190. The van der Waals surface area contributed by atoms with Crippen LogP contribution in [0.1, 0.15) is 16.0 Å². The first kappa shape index (κ1) is 18.5. The zero-order chi connectivity index (χ0) is 18.2. The van der Waals surface area contributed by atoms with Gasteiger partial charge in [-0.3, -0.25) is 4.79 Å². The second-order valence-corrected chi connectivity index (χ2v) is 7.74. The normalized spacial score (nSPS) is 11.1. The summed E-state index contributed by atoms with van der Waals surface area (Å²) in [7, 11) is 0. The van der Waals surface area contributed by atoms with E-state index in [2.05, 4.69) is 29.8 Å². The third-order valence-electron chi connectivity index (χ3n) is 4.01. The Labute approximate surface area is 162 Å². The Hall–Kier alpha value is -2.24. The van der Waals surface area contributed by atoms with Crippen LogP contribution in [0.3, 0.4) is 0 Å². The number of nitrogens with zero attached hydrogens (tertiary/aromatic N) is 1. The van der Waals surface area contributed by atoms with Gasteiger partial charge >= 0.3 is 0 Å². The van der Waals surface area contributed by atoms with Gasteiger partial charge in [0, 0.05) is 34.5 Å². The summed E-state index contributed by atoms with van der Waals surface area (Å²) >= 11 is 3.43. The number of rotatable bonds is 8. The number of carbonyl (C=O) groups excluding carboxylic acids is 1. The van der Waals surface area contributed by atoms with E-state index < -0.39 is 0 Å². The lowest BCUT2D eigenvalue weighted by Crippen LogP contribution is -2.30. The molecule has 26 heavy (non-hydrogen) atoms. The van der Waals surface area contributed by atoms with Gasteiger partial charge in [-0.1, -0.05) is 18.2 Å². The molecule has 0 unspecified atom stereocenters. The van der Waals surface area contributed by atoms with E-state index in [9.17, 15) is 4.79 Å². The molecule has 0 saturated heterocycles. The Kier molecular flexibility index (Phi) is 6.75. The van der Waals surface area contributed by atoms with Crippen molar-refractivity contribution in [3.05, 3.63) is 82.5 Å². The summed E-state index contributed by atoms with van der Waals surface area (Å²) < 4.78 is 5.14. The number of benzene rings is 1. The number of hydrogen-bond donors (Lipinski definition) is 0. The summed E-state index contributed by atoms with van der Waals surface area (Å²) in [5, 5.41) is 2.07. The fourth-order valence-corrected chi connectivity index (χ4v) is 3.66. The molecule has 0 radical (unpaired) electrons. The number of furan rings is 1. The molecule has 3 aromatic rings. The molecule has 1 aromatic carbocycles. The molecule has 0 aliphatic carbocycles. The lowest BCUT2D eigenvalue weighted by Gasteiger charge is -2.20. The van der Waals surface area contributed by atoms with E-state index in [-0.39, 0.29) is 5.91 Å². The molecule has 2 aromatic heterocycles. The highest BCUT2D eigenvalue weighted by Crippen LogP contribution is 2.16. The van der Waals surface area contributed by atoms with Crippen LogP contribution >= 0.6 is 23.1 Å². The van der Waals surface area contributed by atoms with Crippen molar-refractivity contribution in [1.82, 2.24) is 4.90 Å². The van der Waals surface area contributed by atoms with Crippen molar-refractivity contribution in [1.29, 1.82) is 0 Å². The first-order chi connectivity index (χ1) is 12.7. The van der Waals surface area contributed by atoms with E-state index in [1.54, 1.807) is 41.7 Å². The van der Waals surface area contributed by atoms with Crippen LogP contribution in [0, 0.1) is 0 Å². The molecule has 0 saturated carbocycles. The van der Waals surface area contributed by atoms with Gasteiger partial charge in [0.25, 0.3) is 0 Å². The Balaban J connectivity index is 1.66. The van der Waals surface area contributed by atoms with Crippen LogP contribution < -0.4 is 0 Å². The highest BCUT2D eigenvalue weighted by molar-refractivity contribution is 7.98. The Bertz CT molecular complexity index is 822. The Morgan fingerprint density at radius 2 is 2.08 bits per heavy atom. The maximum Gasteiger partial charge on any atom is 0.246 e. The first-order valence-corrected chi connectivity index (χ1v) is 10.5. The third kappa shape index (κ3) is 5.38. The molecule has 0 spiro atoms. The molecule has 0 N–H and O–H groups in total. The van der Waals surface area contributed by atoms with Crippen LogP contribution in [-0.2, 0) is 17.8 Å². The number of carbonyl (C=O) groups is 1. The second-order valence-electron chi connectivity index (χ2n) is 5.83. The Morgan fingerprint density at radius 3 is 2.73 bits per heavy atom. The molecule has 1 amide bonds. The summed E-state index contributed by atoms with van der Waals surface area (Å²) in [4.78, 5) is 17.1. The summed E-state index contributed by atoms with van der Waals surface area (Å²) in [6.45, 7) is 1.23. The maximum atomic E-state index is 12.7. The van der Waals surface area contributed by atoms with Gasteiger partial charge in [-0.25, -0.2) is 0 Å². The van der Waals surface area contributed by atoms with E-state index in [1.807, 2.05) is 35.2 Å². The van der Waals surface area contributed by atoms with Gasteiger partial charge in [0.05, 0.1) is 12.5 Å². The number of thioether (sulfide) groups is 1. The van der Waals surface area contributed by atoms with Crippen LogP contribution in [0.2, 0.25) is 0 Å². The smallest absolute Gasteiger partial charge is 0.246 e. The molecular weight excluding hydrogens is 362 g/mol. The SMILES string of the molecule is CSc1ccc(C=CC(=O)N(CCc2cccs2)Cc2ccoc2)cc1. The largest absolute Gasteiger partial charge is 0.472 e. The van der Waals surface area contributed by atoms with Crippen molar-refractivity contribution in [2.75, 3.05) is 12.8 Å². The van der Waals surface area contributed by atoms with Gasteiger partial charge < -0.3 is 9.32 Å². The van der Waals surface area contributed by atoms with E-state index in [4.69, 9.17) is 4.42 Å². The summed E-state index contributed by atoms with van der Waals surface area (Å²) in [6, 6.07) is 14.2. The minimum absolute atomic E-state index is 0.0108. The zero-order valence-electron chi connectivity index (χ0n) is 14.6. The van der Waals surface area contributed by atoms with Gasteiger partial charge in [0.1, 0.15) is 0 Å². The van der Waals surface area contributed by atoms with Crippen molar-refractivity contribution >= 4 is 35.1 Å². The van der Waals surface area contributed by atoms with E-state index in [0.29, 0.717) is 13.1 Å². The summed E-state index contributed by atoms with van der Waals surface area (Å²) in [5.74, 6) is 0.0108. The van der Waals surface area contributed by atoms with Crippen molar-refractivity contribution < 1.29 is 9.21 Å². The molecule has 134 valence electrons. The highest BCUT2D eigenvalue weighted by atomic mass is 32.2. The average molecular weight is 384 g/mol. The molecule has 0 fully saturated rings. The first-order valence-electron chi connectivity index (χ1n) is 8.39. The molecule has 3 rings (SSSR count). The lowest BCUT2D eigenvalue weighted by molar-refractivity contribution is -0.126. The molecule has 0 aliphatic heterocycles. The fourth-order valence-electron chi connectivity index (χ4n) is 2.56. The summed E-state index contributed by atoms with van der Waals surface area (Å²) in [5.41, 5.74) is 2.03. The number of thiophene rings is 1. The minimum atomic E-state index is 0.0108. The predicted molar refractivity (Wildman–Crippen MR) is 109 cm³/mol. The predicted octanol–water partition coefficient (Wildman–Crippen LogP) is 5.35. The number of hydrogen-bond acceptors (Lipinski definition) is 4. The van der Waals surface area contributed by atoms with Crippen molar-refractivity contribution in [3.63, 3.8) is 0 Å². The van der Waals surface area contributed by atoms with Crippen LogP contribution in [0.5, 0.6) is 0 Å². The van der Waals surface area contributed by atoms with Gasteiger partial charge in [-0.2, -0.15) is 0 Å². The lowest BCUT2D eigenvalue weighted by atomic mass is 10.2.